The van der Waals surface area contributed by atoms with Gasteiger partial charge in [0, 0.05) is 19.1 Å². The van der Waals surface area contributed by atoms with E-state index in [0.717, 1.165) is 13.0 Å². The van der Waals surface area contributed by atoms with Crippen LogP contribution in [0, 0.1) is 0 Å². The molecule has 0 saturated carbocycles. The highest BCUT2D eigenvalue weighted by atomic mass is 32.3. The van der Waals surface area contributed by atoms with Crippen LogP contribution >= 0.6 is 0 Å². The number of hydrogen-bond acceptors (Lipinski definition) is 6. The second-order valence-corrected chi connectivity index (χ2v) is 6.71. The van der Waals surface area contributed by atoms with E-state index in [-0.39, 0.29) is 18.5 Å². The number of fused-ring (bicyclic) bond motifs is 2. The predicted molar refractivity (Wildman–Crippen MR) is 72.8 cm³/mol. The SMILES string of the molecule is O=C(N[C@H]1CCNC1)C1CCC2CN1C(=O)N2OS(=O)(=O)O. The van der Waals surface area contributed by atoms with Crippen molar-refractivity contribution < 1.29 is 26.8 Å². The summed E-state index contributed by atoms with van der Waals surface area (Å²) in [6, 6.07) is -1.79. The van der Waals surface area contributed by atoms with Crippen LogP contribution in [-0.2, 0) is 19.5 Å². The molecule has 0 aromatic rings. The first-order chi connectivity index (χ1) is 10.3. The summed E-state index contributed by atoms with van der Waals surface area (Å²) in [6.07, 6.45) is 1.69. The van der Waals surface area contributed by atoms with Crippen molar-refractivity contribution in [3.05, 3.63) is 0 Å². The van der Waals surface area contributed by atoms with E-state index in [9.17, 15) is 18.0 Å². The topological polar surface area (TPSA) is 128 Å². The molecular weight excluding hydrogens is 316 g/mol. The zero-order chi connectivity index (χ0) is 15.9. The van der Waals surface area contributed by atoms with Crippen LogP contribution in [0.4, 0.5) is 4.79 Å². The van der Waals surface area contributed by atoms with Gasteiger partial charge in [-0.25, -0.2) is 4.79 Å². The molecule has 11 heteroatoms. The molecule has 3 N–H and O–H groups in total. The van der Waals surface area contributed by atoms with Gasteiger partial charge >= 0.3 is 16.4 Å². The lowest BCUT2D eigenvalue weighted by Gasteiger charge is -2.30. The van der Waals surface area contributed by atoms with Gasteiger partial charge in [-0.1, -0.05) is 0 Å². The molecule has 3 rings (SSSR count). The van der Waals surface area contributed by atoms with Crippen molar-refractivity contribution in [3.8, 4) is 0 Å². The zero-order valence-corrected chi connectivity index (χ0v) is 12.6. The van der Waals surface area contributed by atoms with Gasteiger partial charge in [-0.3, -0.25) is 9.35 Å². The molecule has 0 radical (unpaired) electrons. The van der Waals surface area contributed by atoms with Gasteiger partial charge in [0.1, 0.15) is 6.04 Å². The summed E-state index contributed by atoms with van der Waals surface area (Å²) in [5, 5.41) is 6.67. The smallest absolute Gasteiger partial charge is 0.350 e. The van der Waals surface area contributed by atoms with Gasteiger partial charge in [0.05, 0.1) is 6.04 Å². The first-order valence-corrected chi connectivity index (χ1v) is 8.49. The highest BCUT2D eigenvalue weighted by molar-refractivity contribution is 7.80. The predicted octanol–water partition coefficient (Wildman–Crippen LogP) is -1.53. The molecule has 2 unspecified atom stereocenters. The maximum atomic E-state index is 12.3. The summed E-state index contributed by atoms with van der Waals surface area (Å²) >= 11 is 0. The normalized spacial score (nSPS) is 31.7. The number of amides is 3. The van der Waals surface area contributed by atoms with Crippen molar-refractivity contribution in [3.63, 3.8) is 0 Å². The Morgan fingerprint density at radius 2 is 2.14 bits per heavy atom. The van der Waals surface area contributed by atoms with Crippen LogP contribution in [0.25, 0.3) is 0 Å². The second kappa shape index (κ2) is 5.65. The van der Waals surface area contributed by atoms with E-state index in [1.54, 1.807) is 0 Å². The fourth-order valence-corrected chi connectivity index (χ4v) is 3.57. The quantitative estimate of drug-likeness (QED) is 0.532. The maximum Gasteiger partial charge on any atom is 0.418 e. The molecule has 3 saturated heterocycles. The Morgan fingerprint density at radius 1 is 1.36 bits per heavy atom. The van der Waals surface area contributed by atoms with Crippen molar-refractivity contribution in [2.24, 2.45) is 0 Å². The fraction of sp³-hybridized carbons (Fsp3) is 0.818. The summed E-state index contributed by atoms with van der Waals surface area (Å²) in [5.74, 6) is -0.241. The minimum absolute atomic E-state index is 0.0492. The van der Waals surface area contributed by atoms with Crippen molar-refractivity contribution in [1.82, 2.24) is 20.6 Å². The van der Waals surface area contributed by atoms with Gasteiger partial charge in [0.2, 0.25) is 5.91 Å². The van der Waals surface area contributed by atoms with Gasteiger partial charge < -0.3 is 15.5 Å². The molecule has 0 aromatic heterocycles. The Bertz CT molecular complexity index is 575. The number of hydrogen-bond donors (Lipinski definition) is 3. The lowest BCUT2D eigenvalue weighted by atomic mass is 10.00. The summed E-state index contributed by atoms with van der Waals surface area (Å²) in [6.45, 7) is 1.75. The number of nitrogens with zero attached hydrogens (tertiary/aromatic N) is 2. The van der Waals surface area contributed by atoms with Crippen LogP contribution in [0.2, 0.25) is 0 Å². The molecule has 3 heterocycles. The van der Waals surface area contributed by atoms with Gasteiger partial charge in [0.25, 0.3) is 0 Å². The highest BCUT2D eigenvalue weighted by Crippen LogP contribution is 2.30. The van der Waals surface area contributed by atoms with Crippen LogP contribution in [0.5, 0.6) is 0 Å². The number of rotatable bonds is 4. The van der Waals surface area contributed by atoms with Crippen molar-refractivity contribution in [1.29, 1.82) is 0 Å². The zero-order valence-electron chi connectivity index (χ0n) is 11.8. The summed E-state index contributed by atoms with van der Waals surface area (Å²) < 4.78 is 34.6. The summed E-state index contributed by atoms with van der Waals surface area (Å²) in [5.41, 5.74) is 0. The van der Waals surface area contributed by atoms with E-state index >= 15 is 0 Å². The molecule has 3 atom stereocenters. The average molecular weight is 334 g/mol. The molecular formula is C11H18N4O6S. The lowest BCUT2D eigenvalue weighted by Crippen LogP contribution is -2.52. The first-order valence-electron chi connectivity index (χ1n) is 7.13. The van der Waals surface area contributed by atoms with Crippen molar-refractivity contribution in [2.75, 3.05) is 19.6 Å². The largest absolute Gasteiger partial charge is 0.418 e. The minimum atomic E-state index is -4.77. The average Bonchev–Trinajstić information content (AvgIpc) is 3.01. The van der Waals surface area contributed by atoms with E-state index in [4.69, 9.17) is 4.55 Å². The number of carbonyl (C=O) groups excluding carboxylic acids is 2. The molecule has 2 bridgehead atoms. The lowest BCUT2D eigenvalue weighted by molar-refractivity contribution is -0.126. The molecule has 0 aliphatic carbocycles. The van der Waals surface area contributed by atoms with Crippen LogP contribution in [-0.4, -0.2) is 72.6 Å². The van der Waals surface area contributed by atoms with Crippen molar-refractivity contribution >= 4 is 22.3 Å². The Labute approximate surface area is 127 Å². The van der Waals surface area contributed by atoms with Crippen LogP contribution in [0.15, 0.2) is 0 Å². The number of urea groups is 1. The molecule has 3 aliphatic rings. The standard InChI is InChI=1S/C11H18N4O6S/c16-10(13-7-3-4-12-5-7)9-2-1-8-6-14(9)11(17)15(8)21-22(18,19)20/h7-9,12H,1-6H2,(H,13,16)(H,18,19,20)/t7-,8?,9?/m0/s1. The molecule has 10 nitrogen and oxygen atoms in total. The number of nitrogens with one attached hydrogen (secondary N) is 2. The third kappa shape index (κ3) is 3.02. The Kier molecular flexibility index (Phi) is 3.97. The Morgan fingerprint density at radius 3 is 2.77 bits per heavy atom. The van der Waals surface area contributed by atoms with Gasteiger partial charge in [-0.15, -0.1) is 4.28 Å². The van der Waals surface area contributed by atoms with Gasteiger partial charge in [-0.05, 0) is 25.8 Å². The fourth-order valence-electron chi connectivity index (χ4n) is 3.18. The highest BCUT2D eigenvalue weighted by Gasteiger charge is 2.49. The number of carbonyl (C=O) groups is 2. The third-order valence-electron chi connectivity index (χ3n) is 4.21. The first kappa shape index (κ1) is 15.5. The molecule has 3 fully saturated rings. The minimum Gasteiger partial charge on any atom is -0.350 e. The van der Waals surface area contributed by atoms with Crippen LogP contribution in [0.3, 0.4) is 0 Å². The number of piperidine rings is 1. The van der Waals surface area contributed by atoms with E-state index in [2.05, 4.69) is 14.9 Å². The third-order valence-corrected chi connectivity index (χ3v) is 4.56. The maximum absolute atomic E-state index is 12.3. The van der Waals surface area contributed by atoms with Gasteiger partial charge in [-0.2, -0.15) is 13.5 Å². The molecule has 22 heavy (non-hydrogen) atoms. The van der Waals surface area contributed by atoms with E-state index in [0.29, 0.717) is 24.4 Å². The van der Waals surface area contributed by atoms with E-state index in [1.807, 2.05) is 0 Å². The Hall–Kier alpha value is -1.43. The molecule has 3 amide bonds. The van der Waals surface area contributed by atoms with Gasteiger partial charge in [0.15, 0.2) is 0 Å². The monoisotopic (exact) mass is 334 g/mol. The Balaban J connectivity index is 1.67. The molecule has 0 spiro atoms. The summed E-state index contributed by atoms with van der Waals surface area (Å²) in [7, 11) is -4.77. The number of hydroxylamine groups is 2. The van der Waals surface area contributed by atoms with E-state index in [1.165, 1.54) is 4.90 Å². The van der Waals surface area contributed by atoms with Crippen LogP contribution < -0.4 is 10.6 Å². The molecule has 0 aromatic carbocycles. The molecule has 3 aliphatic heterocycles. The summed E-state index contributed by atoms with van der Waals surface area (Å²) in [4.78, 5) is 25.8. The van der Waals surface area contributed by atoms with Crippen LogP contribution in [0.1, 0.15) is 19.3 Å². The van der Waals surface area contributed by atoms with Crippen molar-refractivity contribution in [2.45, 2.75) is 37.4 Å². The second-order valence-electron chi connectivity index (χ2n) is 5.71. The van der Waals surface area contributed by atoms with E-state index < -0.39 is 28.5 Å². The molecule has 124 valence electrons.